The Morgan fingerprint density at radius 2 is 1.61 bits per heavy atom. The van der Waals surface area contributed by atoms with Crippen LogP contribution in [0.4, 0.5) is 4.39 Å². The minimum atomic E-state index is -0.435. The van der Waals surface area contributed by atoms with Gasteiger partial charge < -0.3 is 4.74 Å². The van der Waals surface area contributed by atoms with Gasteiger partial charge in [-0.05, 0) is 36.2 Å². The van der Waals surface area contributed by atoms with Crippen molar-refractivity contribution in [1.82, 2.24) is 14.8 Å². The monoisotopic (exact) mass is 430 g/mol. The summed E-state index contributed by atoms with van der Waals surface area (Å²) in [6, 6.07) is 28.1. The number of hydrogen-bond acceptors (Lipinski definition) is 5. The van der Waals surface area contributed by atoms with Crippen LogP contribution in [0.2, 0.25) is 0 Å². The van der Waals surface area contributed by atoms with Crippen molar-refractivity contribution >= 4 is 11.8 Å². The van der Waals surface area contributed by atoms with Gasteiger partial charge in [-0.25, -0.2) is 4.39 Å². The minimum Gasteiger partial charge on any atom is -0.483 e. The summed E-state index contributed by atoms with van der Waals surface area (Å²) in [7, 11) is 0. The molecular formula is C24H19FN4OS. The molecule has 1 aromatic heterocycles. The summed E-state index contributed by atoms with van der Waals surface area (Å²) < 4.78 is 21.4. The Bertz CT molecular complexity index is 1180. The molecule has 4 rings (SSSR count). The molecule has 7 heteroatoms. The highest BCUT2D eigenvalue weighted by Gasteiger charge is 2.20. The molecule has 154 valence electrons. The number of hydrogen-bond donors (Lipinski definition) is 0. The first-order chi connectivity index (χ1) is 15.2. The van der Waals surface area contributed by atoms with Crippen molar-refractivity contribution in [3.63, 3.8) is 0 Å². The third kappa shape index (κ3) is 5.11. The van der Waals surface area contributed by atoms with Gasteiger partial charge in [-0.1, -0.05) is 72.4 Å². The molecule has 5 nitrogen and oxygen atoms in total. The lowest BCUT2D eigenvalue weighted by molar-refractivity contribution is 0.278. The molecule has 0 fully saturated rings. The largest absolute Gasteiger partial charge is 0.483 e. The summed E-state index contributed by atoms with van der Waals surface area (Å²) in [4.78, 5) is 0. The molecule has 0 aliphatic rings. The average molecular weight is 431 g/mol. The van der Waals surface area contributed by atoms with E-state index < -0.39 is 5.82 Å². The van der Waals surface area contributed by atoms with Gasteiger partial charge >= 0.3 is 0 Å². The molecule has 0 amide bonds. The topological polar surface area (TPSA) is 63.7 Å². The third-order valence-corrected chi connectivity index (χ3v) is 5.60. The smallest absolute Gasteiger partial charge is 0.197 e. The van der Waals surface area contributed by atoms with Crippen LogP contribution in [0.5, 0.6) is 5.75 Å². The molecule has 0 saturated carbocycles. The Balaban J connectivity index is 1.60. The highest BCUT2D eigenvalue weighted by atomic mass is 32.2. The van der Waals surface area contributed by atoms with Crippen molar-refractivity contribution < 1.29 is 9.13 Å². The lowest BCUT2D eigenvalue weighted by Gasteiger charge is -2.13. The van der Waals surface area contributed by atoms with Crippen molar-refractivity contribution in [2.45, 2.75) is 23.4 Å². The molecule has 1 unspecified atom stereocenters. The fourth-order valence-corrected chi connectivity index (χ4v) is 4.07. The van der Waals surface area contributed by atoms with E-state index in [1.54, 1.807) is 18.2 Å². The van der Waals surface area contributed by atoms with Crippen molar-refractivity contribution in [1.29, 1.82) is 5.26 Å². The Labute approximate surface area is 184 Å². The number of benzene rings is 3. The molecule has 0 N–H and O–H groups in total. The Hall–Kier alpha value is -3.63. The summed E-state index contributed by atoms with van der Waals surface area (Å²) in [5.74, 6) is 0.238. The first kappa shape index (κ1) is 20.6. The Kier molecular flexibility index (Phi) is 6.60. The number of nitrogens with zero attached hydrogens (tertiary/aromatic N) is 4. The number of para-hydroxylation sites is 2. The number of rotatable bonds is 8. The van der Waals surface area contributed by atoms with Crippen LogP contribution in [0, 0.1) is 17.1 Å². The van der Waals surface area contributed by atoms with E-state index in [1.807, 2.05) is 65.2 Å². The highest BCUT2D eigenvalue weighted by molar-refractivity contribution is 8.00. The molecule has 0 spiro atoms. The zero-order valence-electron chi connectivity index (χ0n) is 16.6. The molecule has 1 heterocycles. The SMILES string of the molecule is N#CC(Cc1ccccc1)Sc1nnc(COc2ccccc2F)n1-c1ccccc1. The maximum atomic E-state index is 13.9. The number of halogens is 1. The first-order valence-electron chi connectivity index (χ1n) is 9.72. The molecule has 31 heavy (non-hydrogen) atoms. The number of thioether (sulfide) groups is 1. The molecule has 0 aliphatic heterocycles. The molecule has 4 aromatic rings. The maximum absolute atomic E-state index is 13.9. The van der Waals surface area contributed by atoms with Crippen molar-refractivity contribution in [2.24, 2.45) is 0 Å². The predicted octanol–water partition coefficient (Wildman–Crippen LogP) is 5.21. The molecule has 3 aromatic carbocycles. The van der Waals surface area contributed by atoms with Gasteiger partial charge in [0.2, 0.25) is 0 Å². The zero-order chi connectivity index (χ0) is 21.5. The van der Waals surface area contributed by atoms with Gasteiger partial charge in [0.25, 0.3) is 0 Å². The van der Waals surface area contributed by atoms with Crippen LogP contribution in [-0.4, -0.2) is 20.0 Å². The lowest BCUT2D eigenvalue weighted by atomic mass is 10.1. The fraction of sp³-hybridized carbons (Fsp3) is 0.125. The quantitative estimate of drug-likeness (QED) is 0.359. The van der Waals surface area contributed by atoms with E-state index in [0.29, 0.717) is 17.4 Å². The van der Waals surface area contributed by atoms with E-state index in [0.717, 1.165) is 11.3 Å². The summed E-state index contributed by atoms with van der Waals surface area (Å²) in [6.07, 6.45) is 0.588. The van der Waals surface area contributed by atoms with Gasteiger partial charge in [-0.15, -0.1) is 10.2 Å². The second-order valence-corrected chi connectivity index (χ2v) is 7.88. The highest BCUT2D eigenvalue weighted by Crippen LogP contribution is 2.28. The summed E-state index contributed by atoms with van der Waals surface area (Å²) in [6.45, 7) is 0.0410. The van der Waals surface area contributed by atoms with Gasteiger partial charge in [0.1, 0.15) is 11.9 Å². The van der Waals surface area contributed by atoms with Crippen LogP contribution in [0.3, 0.4) is 0 Å². The summed E-state index contributed by atoms with van der Waals surface area (Å²) in [5, 5.41) is 18.5. The Morgan fingerprint density at radius 1 is 0.935 bits per heavy atom. The molecule has 0 saturated heterocycles. The molecule has 0 radical (unpaired) electrons. The molecular weight excluding hydrogens is 411 g/mol. The van der Waals surface area contributed by atoms with Crippen molar-refractivity contribution in [2.75, 3.05) is 0 Å². The predicted molar refractivity (Wildman–Crippen MR) is 117 cm³/mol. The van der Waals surface area contributed by atoms with Crippen LogP contribution >= 0.6 is 11.8 Å². The average Bonchev–Trinajstić information content (AvgIpc) is 3.21. The van der Waals surface area contributed by atoms with Crippen LogP contribution in [-0.2, 0) is 13.0 Å². The van der Waals surface area contributed by atoms with Crippen LogP contribution < -0.4 is 4.74 Å². The van der Waals surface area contributed by atoms with Gasteiger partial charge in [-0.3, -0.25) is 4.57 Å². The van der Waals surface area contributed by atoms with E-state index in [2.05, 4.69) is 16.3 Å². The first-order valence-corrected chi connectivity index (χ1v) is 10.6. The number of ether oxygens (including phenoxy) is 1. The minimum absolute atomic E-state index is 0.0410. The van der Waals surface area contributed by atoms with Crippen molar-refractivity contribution in [3.8, 4) is 17.5 Å². The summed E-state index contributed by atoms with van der Waals surface area (Å²) in [5.41, 5.74) is 1.92. The Morgan fingerprint density at radius 3 is 2.32 bits per heavy atom. The molecule has 0 bridgehead atoms. The summed E-state index contributed by atoms with van der Waals surface area (Å²) >= 11 is 1.35. The fourth-order valence-electron chi connectivity index (χ4n) is 3.08. The van der Waals surface area contributed by atoms with E-state index in [9.17, 15) is 9.65 Å². The second kappa shape index (κ2) is 9.92. The van der Waals surface area contributed by atoms with Gasteiger partial charge in [0.15, 0.2) is 22.5 Å². The van der Waals surface area contributed by atoms with E-state index in [4.69, 9.17) is 4.74 Å². The zero-order valence-corrected chi connectivity index (χ0v) is 17.4. The standard InChI is InChI=1S/C24H19FN4OS/c25-21-13-7-8-14-22(21)30-17-23-27-28-24(29(23)19-11-5-2-6-12-19)31-20(16-26)15-18-9-3-1-4-10-18/h1-14,20H,15,17H2. The maximum Gasteiger partial charge on any atom is 0.197 e. The van der Waals surface area contributed by atoms with Gasteiger partial charge in [0.05, 0.1) is 6.07 Å². The van der Waals surface area contributed by atoms with E-state index >= 15 is 0 Å². The number of nitriles is 1. The second-order valence-electron chi connectivity index (χ2n) is 6.71. The molecule has 1 atom stereocenters. The van der Waals surface area contributed by atoms with E-state index in [1.165, 1.54) is 17.8 Å². The number of aromatic nitrogens is 3. The van der Waals surface area contributed by atoms with E-state index in [-0.39, 0.29) is 17.6 Å². The van der Waals surface area contributed by atoms with Gasteiger partial charge in [-0.2, -0.15) is 5.26 Å². The third-order valence-electron chi connectivity index (χ3n) is 4.56. The van der Waals surface area contributed by atoms with Crippen LogP contribution in [0.15, 0.2) is 90.1 Å². The lowest BCUT2D eigenvalue weighted by Crippen LogP contribution is -2.09. The van der Waals surface area contributed by atoms with Crippen LogP contribution in [0.25, 0.3) is 5.69 Å². The van der Waals surface area contributed by atoms with Crippen LogP contribution in [0.1, 0.15) is 11.4 Å². The molecule has 0 aliphatic carbocycles. The normalized spacial score (nSPS) is 11.6. The van der Waals surface area contributed by atoms with Gasteiger partial charge in [0, 0.05) is 5.69 Å². The van der Waals surface area contributed by atoms with Crippen molar-refractivity contribution in [3.05, 3.63) is 102 Å².